The van der Waals surface area contributed by atoms with Crippen molar-refractivity contribution in [1.82, 2.24) is 5.32 Å². The van der Waals surface area contributed by atoms with Gasteiger partial charge in [-0.2, -0.15) is 0 Å². The summed E-state index contributed by atoms with van der Waals surface area (Å²) in [5.41, 5.74) is 2.42. The van der Waals surface area contributed by atoms with Crippen LogP contribution in [-0.4, -0.2) is 5.91 Å². The fraction of sp³-hybridized carbons (Fsp3) is 0.357. The van der Waals surface area contributed by atoms with Crippen LogP contribution in [0.2, 0.25) is 0 Å². The molecule has 0 aliphatic heterocycles. The van der Waals surface area contributed by atoms with Crippen LogP contribution in [-0.2, 0) is 4.79 Å². The van der Waals surface area contributed by atoms with E-state index in [0.29, 0.717) is 5.92 Å². The summed E-state index contributed by atoms with van der Waals surface area (Å²) < 4.78 is 0. The van der Waals surface area contributed by atoms with Crippen molar-refractivity contribution in [1.29, 1.82) is 0 Å². The van der Waals surface area contributed by atoms with Crippen LogP contribution >= 0.6 is 0 Å². The zero-order chi connectivity index (χ0) is 12.1. The molecule has 16 heavy (non-hydrogen) atoms. The Labute approximate surface area is 97.4 Å². The Morgan fingerprint density at radius 3 is 2.50 bits per heavy atom. The van der Waals surface area contributed by atoms with E-state index in [4.69, 9.17) is 0 Å². The first-order valence-electron chi connectivity index (χ1n) is 5.57. The zero-order valence-electron chi connectivity index (χ0n) is 10.2. The van der Waals surface area contributed by atoms with Gasteiger partial charge in [-0.1, -0.05) is 44.7 Å². The number of hydrogen-bond donors (Lipinski definition) is 1. The van der Waals surface area contributed by atoms with Gasteiger partial charge in [-0.3, -0.25) is 4.79 Å². The van der Waals surface area contributed by atoms with Gasteiger partial charge in [-0.15, -0.1) is 0 Å². The molecule has 0 fully saturated rings. The van der Waals surface area contributed by atoms with Gasteiger partial charge in [0.05, 0.1) is 6.04 Å². The number of amides is 1. The molecule has 1 aromatic carbocycles. The van der Waals surface area contributed by atoms with Crippen molar-refractivity contribution in [2.75, 3.05) is 0 Å². The Kier molecular flexibility index (Phi) is 4.29. The summed E-state index contributed by atoms with van der Waals surface area (Å²) in [6.45, 7) is 9.73. The zero-order valence-corrected chi connectivity index (χ0v) is 10.2. The first-order valence-corrected chi connectivity index (χ1v) is 5.57. The molecule has 0 aromatic heterocycles. The summed E-state index contributed by atoms with van der Waals surface area (Å²) in [5, 5.41) is 2.85. The van der Waals surface area contributed by atoms with Gasteiger partial charge in [0.15, 0.2) is 0 Å². The molecule has 0 spiro atoms. The lowest BCUT2D eigenvalue weighted by Crippen LogP contribution is -2.24. The van der Waals surface area contributed by atoms with E-state index in [1.807, 2.05) is 19.1 Å². The summed E-state index contributed by atoms with van der Waals surface area (Å²) in [4.78, 5) is 11.2. The SMILES string of the molecule is C=CC(=O)NC(C)c1cccc(C(C)C)c1. The standard InChI is InChI=1S/C14H19NO/c1-5-14(16)15-11(4)13-8-6-7-12(9-13)10(2)3/h5-11H,1H2,2-4H3,(H,15,16). The molecular weight excluding hydrogens is 198 g/mol. The molecule has 1 unspecified atom stereocenters. The lowest BCUT2D eigenvalue weighted by atomic mass is 9.98. The van der Waals surface area contributed by atoms with Crippen LogP contribution in [0.25, 0.3) is 0 Å². The molecule has 1 rings (SSSR count). The highest BCUT2D eigenvalue weighted by atomic mass is 16.1. The fourth-order valence-electron chi connectivity index (χ4n) is 1.54. The molecule has 0 bridgehead atoms. The fourth-order valence-corrected chi connectivity index (χ4v) is 1.54. The second kappa shape index (κ2) is 5.50. The Morgan fingerprint density at radius 2 is 1.94 bits per heavy atom. The van der Waals surface area contributed by atoms with Gasteiger partial charge < -0.3 is 5.32 Å². The Morgan fingerprint density at radius 1 is 1.31 bits per heavy atom. The number of nitrogens with one attached hydrogen (secondary N) is 1. The summed E-state index contributed by atoms with van der Waals surface area (Å²) in [6.07, 6.45) is 1.29. The molecule has 0 heterocycles. The van der Waals surface area contributed by atoms with Crippen molar-refractivity contribution in [3.05, 3.63) is 48.0 Å². The molecule has 1 atom stereocenters. The summed E-state index contributed by atoms with van der Waals surface area (Å²) in [6, 6.07) is 8.32. The van der Waals surface area contributed by atoms with E-state index in [-0.39, 0.29) is 11.9 Å². The molecular formula is C14H19NO. The maximum absolute atomic E-state index is 11.2. The van der Waals surface area contributed by atoms with E-state index in [2.05, 4.69) is 37.9 Å². The predicted octanol–water partition coefficient (Wildman–Crippen LogP) is 3.17. The van der Waals surface area contributed by atoms with Crippen molar-refractivity contribution < 1.29 is 4.79 Å². The third-order valence-electron chi connectivity index (χ3n) is 2.62. The van der Waals surface area contributed by atoms with Gasteiger partial charge >= 0.3 is 0 Å². The van der Waals surface area contributed by atoms with E-state index in [9.17, 15) is 4.79 Å². The van der Waals surface area contributed by atoms with Crippen LogP contribution in [0.4, 0.5) is 0 Å². The molecule has 1 N–H and O–H groups in total. The quantitative estimate of drug-likeness (QED) is 0.771. The van der Waals surface area contributed by atoms with Crippen LogP contribution in [0.3, 0.4) is 0 Å². The average Bonchev–Trinajstić information content (AvgIpc) is 2.28. The molecule has 0 radical (unpaired) electrons. The first kappa shape index (κ1) is 12.5. The number of benzene rings is 1. The van der Waals surface area contributed by atoms with E-state index < -0.39 is 0 Å². The number of carbonyl (C=O) groups excluding carboxylic acids is 1. The average molecular weight is 217 g/mol. The largest absolute Gasteiger partial charge is 0.346 e. The molecule has 0 aliphatic carbocycles. The minimum Gasteiger partial charge on any atom is -0.346 e. The third-order valence-corrected chi connectivity index (χ3v) is 2.62. The van der Waals surface area contributed by atoms with Crippen molar-refractivity contribution in [3.8, 4) is 0 Å². The molecule has 1 aromatic rings. The summed E-state index contributed by atoms with van der Waals surface area (Å²) in [5.74, 6) is 0.365. The minimum atomic E-state index is -0.137. The van der Waals surface area contributed by atoms with Crippen LogP contribution < -0.4 is 5.32 Å². The van der Waals surface area contributed by atoms with Crippen molar-refractivity contribution >= 4 is 5.91 Å². The van der Waals surface area contributed by atoms with Crippen molar-refractivity contribution in [3.63, 3.8) is 0 Å². The van der Waals surface area contributed by atoms with Gasteiger partial charge in [0.25, 0.3) is 0 Å². The van der Waals surface area contributed by atoms with Gasteiger partial charge in [-0.05, 0) is 30.0 Å². The summed E-state index contributed by atoms with van der Waals surface area (Å²) in [7, 11) is 0. The molecule has 0 saturated carbocycles. The Balaban J connectivity index is 2.83. The Bertz CT molecular complexity index is 382. The van der Waals surface area contributed by atoms with Crippen LogP contribution in [0.15, 0.2) is 36.9 Å². The second-order valence-electron chi connectivity index (χ2n) is 4.26. The lowest BCUT2D eigenvalue weighted by Gasteiger charge is -2.15. The van der Waals surface area contributed by atoms with Crippen LogP contribution in [0.1, 0.15) is 43.9 Å². The molecule has 0 aliphatic rings. The van der Waals surface area contributed by atoms with Crippen LogP contribution in [0, 0.1) is 0 Å². The highest BCUT2D eigenvalue weighted by Crippen LogP contribution is 2.19. The van der Waals surface area contributed by atoms with Crippen molar-refractivity contribution in [2.45, 2.75) is 32.7 Å². The maximum Gasteiger partial charge on any atom is 0.243 e. The number of carbonyl (C=O) groups is 1. The molecule has 2 nitrogen and oxygen atoms in total. The molecule has 0 saturated heterocycles. The highest BCUT2D eigenvalue weighted by molar-refractivity contribution is 5.87. The molecule has 86 valence electrons. The smallest absolute Gasteiger partial charge is 0.243 e. The number of hydrogen-bond acceptors (Lipinski definition) is 1. The minimum absolute atomic E-state index is 0.0178. The van der Waals surface area contributed by atoms with Crippen molar-refractivity contribution in [2.24, 2.45) is 0 Å². The third kappa shape index (κ3) is 3.23. The maximum atomic E-state index is 11.2. The number of rotatable bonds is 4. The predicted molar refractivity (Wildman–Crippen MR) is 67.3 cm³/mol. The van der Waals surface area contributed by atoms with Gasteiger partial charge in [0.1, 0.15) is 0 Å². The van der Waals surface area contributed by atoms with Crippen LogP contribution in [0.5, 0.6) is 0 Å². The molecule has 2 heteroatoms. The Hall–Kier alpha value is -1.57. The van der Waals surface area contributed by atoms with E-state index in [1.165, 1.54) is 11.6 Å². The monoisotopic (exact) mass is 217 g/mol. The molecule has 1 amide bonds. The van der Waals surface area contributed by atoms with E-state index in [1.54, 1.807) is 0 Å². The van der Waals surface area contributed by atoms with E-state index >= 15 is 0 Å². The topological polar surface area (TPSA) is 29.1 Å². The van der Waals surface area contributed by atoms with E-state index in [0.717, 1.165) is 5.56 Å². The first-order chi connectivity index (χ1) is 7.54. The van der Waals surface area contributed by atoms with Gasteiger partial charge in [-0.25, -0.2) is 0 Å². The highest BCUT2D eigenvalue weighted by Gasteiger charge is 2.08. The summed E-state index contributed by atoms with van der Waals surface area (Å²) >= 11 is 0. The second-order valence-corrected chi connectivity index (χ2v) is 4.26. The lowest BCUT2D eigenvalue weighted by molar-refractivity contribution is -0.117. The van der Waals surface area contributed by atoms with Gasteiger partial charge in [0, 0.05) is 0 Å². The normalized spacial score (nSPS) is 12.2. The van der Waals surface area contributed by atoms with Gasteiger partial charge in [0.2, 0.25) is 5.91 Å².